The Balaban J connectivity index is 1.12. The predicted octanol–water partition coefficient (Wildman–Crippen LogP) is 12.1. The molecule has 1 aliphatic carbocycles. The minimum absolute atomic E-state index is 0.00376. The third kappa shape index (κ3) is 4.74. The summed E-state index contributed by atoms with van der Waals surface area (Å²) in [5.41, 5.74) is 10.9. The van der Waals surface area contributed by atoms with E-state index in [0.29, 0.717) is 17.5 Å². The molecule has 0 aliphatic heterocycles. The normalized spacial score (nSPS) is 14.4. The van der Waals surface area contributed by atoms with Crippen LogP contribution in [0.25, 0.3) is 76.6 Å². The Kier molecular flexibility index (Phi) is 6.69. The van der Waals surface area contributed by atoms with Gasteiger partial charge in [-0.1, -0.05) is 143 Å². The molecule has 0 radical (unpaired) electrons. The SMILES string of the molecule is CC1(C)c2ccccc2-c2cc3c(cc2C1(C)C)sc1ccc(-c2ccc(-c4nc(-c5ccccc5)nc(-c5ccccc5)n4)cc2)cc13. The molecule has 6 aromatic carbocycles. The maximum absolute atomic E-state index is 4.92. The summed E-state index contributed by atoms with van der Waals surface area (Å²) in [6.45, 7) is 9.61. The third-order valence-electron chi connectivity index (χ3n) is 10.9. The van der Waals surface area contributed by atoms with Gasteiger partial charge in [0.05, 0.1) is 0 Å². The number of rotatable bonds is 4. The van der Waals surface area contributed by atoms with Gasteiger partial charge in [0.15, 0.2) is 17.5 Å². The van der Waals surface area contributed by atoms with Crippen LogP contribution in [0.3, 0.4) is 0 Å². The highest BCUT2D eigenvalue weighted by molar-refractivity contribution is 7.25. The molecule has 2 heterocycles. The van der Waals surface area contributed by atoms with Gasteiger partial charge in [-0.25, -0.2) is 15.0 Å². The third-order valence-corrected chi connectivity index (χ3v) is 12.0. The quantitative estimate of drug-likeness (QED) is 0.190. The van der Waals surface area contributed by atoms with E-state index in [1.807, 2.05) is 72.0 Å². The van der Waals surface area contributed by atoms with Crippen molar-refractivity contribution in [2.24, 2.45) is 0 Å². The van der Waals surface area contributed by atoms with Crippen molar-refractivity contribution in [3.63, 3.8) is 0 Å². The van der Waals surface area contributed by atoms with Gasteiger partial charge in [0.2, 0.25) is 0 Å². The number of hydrogen-bond acceptors (Lipinski definition) is 4. The Bertz CT molecular complexity index is 2470. The van der Waals surface area contributed by atoms with Gasteiger partial charge in [0.1, 0.15) is 0 Å². The fourth-order valence-corrected chi connectivity index (χ4v) is 8.54. The van der Waals surface area contributed by atoms with E-state index in [2.05, 4.69) is 107 Å². The van der Waals surface area contributed by atoms with Gasteiger partial charge in [-0.05, 0) is 68.5 Å². The molecule has 2 aromatic heterocycles. The highest BCUT2D eigenvalue weighted by Gasteiger charge is 2.45. The molecule has 0 N–H and O–H groups in total. The molecule has 4 heteroatoms. The molecule has 9 rings (SSSR count). The van der Waals surface area contributed by atoms with Gasteiger partial charge in [-0.3, -0.25) is 0 Å². The van der Waals surface area contributed by atoms with E-state index < -0.39 is 0 Å². The van der Waals surface area contributed by atoms with E-state index in [9.17, 15) is 0 Å². The Morgan fingerprint density at radius 1 is 0.388 bits per heavy atom. The molecular formula is C45H35N3S. The van der Waals surface area contributed by atoms with Crippen LogP contribution in [-0.4, -0.2) is 15.0 Å². The van der Waals surface area contributed by atoms with Crippen LogP contribution in [0.5, 0.6) is 0 Å². The summed E-state index contributed by atoms with van der Waals surface area (Å²) < 4.78 is 2.66. The lowest BCUT2D eigenvalue weighted by Crippen LogP contribution is -2.43. The van der Waals surface area contributed by atoms with E-state index in [1.54, 1.807) is 0 Å². The monoisotopic (exact) mass is 649 g/mol. The lowest BCUT2D eigenvalue weighted by atomic mass is 9.55. The Hall–Kier alpha value is -5.45. The lowest BCUT2D eigenvalue weighted by molar-refractivity contribution is 0.299. The highest BCUT2D eigenvalue weighted by atomic mass is 32.1. The van der Waals surface area contributed by atoms with Gasteiger partial charge in [-0.2, -0.15) is 0 Å². The van der Waals surface area contributed by atoms with Crippen molar-refractivity contribution in [3.8, 4) is 56.4 Å². The molecule has 49 heavy (non-hydrogen) atoms. The van der Waals surface area contributed by atoms with E-state index in [1.165, 1.54) is 48.0 Å². The van der Waals surface area contributed by atoms with Crippen LogP contribution in [0.2, 0.25) is 0 Å². The average Bonchev–Trinajstić information content (AvgIpc) is 3.51. The molecule has 0 saturated carbocycles. The molecule has 0 fully saturated rings. The standard InChI is InChI=1S/C45H35N3S/c1-44(2)37-18-12-11-17-33(37)34-26-36-35-25-32(23-24-39(35)49-40(36)27-38(34)45(44,3)4)28-19-21-31(22-20-28)43-47-41(29-13-7-5-8-14-29)46-42(48-43)30-15-9-6-10-16-30/h5-27H,1-4H3. The smallest absolute Gasteiger partial charge is 0.164 e. The lowest BCUT2D eigenvalue weighted by Gasteiger charge is -2.48. The molecule has 8 aromatic rings. The minimum atomic E-state index is -0.00376. The van der Waals surface area contributed by atoms with Crippen molar-refractivity contribution < 1.29 is 0 Å². The van der Waals surface area contributed by atoms with Crippen LogP contribution in [0, 0.1) is 0 Å². The Labute approximate surface area is 291 Å². The number of benzene rings is 6. The number of hydrogen-bond donors (Lipinski definition) is 0. The van der Waals surface area contributed by atoms with E-state index >= 15 is 0 Å². The van der Waals surface area contributed by atoms with Crippen molar-refractivity contribution >= 4 is 31.5 Å². The second-order valence-electron chi connectivity index (χ2n) is 14.1. The molecule has 0 bridgehead atoms. The van der Waals surface area contributed by atoms with Gasteiger partial charge >= 0.3 is 0 Å². The molecule has 0 amide bonds. The summed E-state index contributed by atoms with van der Waals surface area (Å²) in [7, 11) is 0. The van der Waals surface area contributed by atoms with Gasteiger partial charge in [0.25, 0.3) is 0 Å². The number of aromatic nitrogens is 3. The molecular weight excluding hydrogens is 615 g/mol. The predicted molar refractivity (Wildman–Crippen MR) is 206 cm³/mol. The molecule has 0 atom stereocenters. The summed E-state index contributed by atoms with van der Waals surface area (Å²) >= 11 is 1.90. The first-order valence-corrected chi connectivity index (χ1v) is 17.7. The second-order valence-corrected chi connectivity index (χ2v) is 15.2. The highest BCUT2D eigenvalue weighted by Crippen LogP contribution is 2.55. The fourth-order valence-electron chi connectivity index (χ4n) is 7.43. The first kappa shape index (κ1) is 29.7. The van der Waals surface area contributed by atoms with Crippen LogP contribution in [-0.2, 0) is 10.8 Å². The van der Waals surface area contributed by atoms with Crippen molar-refractivity contribution in [1.29, 1.82) is 0 Å². The zero-order chi connectivity index (χ0) is 33.3. The van der Waals surface area contributed by atoms with Crippen LogP contribution < -0.4 is 0 Å². The zero-order valence-electron chi connectivity index (χ0n) is 28.0. The van der Waals surface area contributed by atoms with E-state index in [-0.39, 0.29) is 10.8 Å². The van der Waals surface area contributed by atoms with Crippen molar-refractivity contribution in [2.45, 2.75) is 38.5 Å². The number of nitrogens with zero attached hydrogens (tertiary/aromatic N) is 3. The van der Waals surface area contributed by atoms with Gasteiger partial charge < -0.3 is 0 Å². The van der Waals surface area contributed by atoms with Crippen LogP contribution >= 0.6 is 11.3 Å². The molecule has 3 nitrogen and oxygen atoms in total. The van der Waals surface area contributed by atoms with Crippen LogP contribution in [0.1, 0.15) is 38.8 Å². The molecule has 0 spiro atoms. The van der Waals surface area contributed by atoms with E-state index in [4.69, 9.17) is 15.0 Å². The maximum atomic E-state index is 4.92. The molecule has 236 valence electrons. The summed E-state index contributed by atoms with van der Waals surface area (Å²) in [4.78, 5) is 14.7. The minimum Gasteiger partial charge on any atom is -0.208 e. The second kappa shape index (κ2) is 11.0. The number of thiophene rings is 1. The van der Waals surface area contributed by atoms with E-state index in [0.717, 1.165) is 22.3 Å². The van der Waals surface area contributed by atoms with Crippen molar-refractivity contribution in [2.75, 3.05) is 0 Å². The Morgan fingerprint density at radius 3 is 1.51 bits per heavy atom. The average molecular weight is 650 g/mol. The topological polar surface area (TPSA) is 38.7 Å². The van der Waals surface area contributed by atoms with Gasteiger partial charge in [0, 0.05) is 36.9 Å². The Morgan fingerprint density at radius 2 is 0.878 bits per heavy atom. The molecule has 0 saturated heterocycles. The molecule has 0 unspecified atom stereocenters. The van der Waals surface area contributed by atoms with Crippen LogP contribution in [0.15, 0.2) is 140 Å². The fraction of sp³-hybridized carbons (Fsp3) is 0.133. The van der Waals surface area contributed by atoms with Crippen molar-refractivity contribution in [3.05, 3.63) is 151 Å². The van der Waals surface area contributed by atoms with Crippen molar-refractivity contribution in [1.82, 2.24) is 15.0 Å². The summed E-state index contributed by atoms with van der Waals surface area (Å²) in [5, 5.41) is 2.64. The first-order chi connectivity index (χ1) is 23.8. The maximum Gasteiger partial charge on any atom is 0.164 e. The number of fused-ring (bicyclic) bond motifs is 6. The van der Waals surface area contributed by atoms with Gasteiger partial charge in [-0.15, -0.1) is 11.3 Å². The molecule has 1 aliphatic rings. The summed E-state index contributed by atoms with van der Waals surface area (Å²) in [6.07, 6.45) is 0. The largest absolute Gasteiger partial charge is 0.208 e. The zero-order valence-corrected chi connectivity index (χ0v) is 28.8. The van der Waals surface area contributed by atoms with Crippen LogP contribution in [0.4, 0.5) is 0 Å². The first-order valence-electron chi connectivity index (χ1n) is 16.9. The summed E-state index contributed by atoms with van der Waals surface area (Å²) in [6, 6.07) is 49.7. The summed E-state index contributed by atoms with van der Waals surface area (Å²) in [5.74, 6) is 2.00.